The molecule has 0 spiro atoms. The lowest BCUT2D eigenvalue weighted by atomic mass is 9.56. The Labute approximate surface area is 245 Å². The Morgan fingerprint density at radius 3 is 2.33 bits per heavy atom. The summed E-state index contributed by atoms with van der Waals surface area (Å²) in [6.45, 7) is 0. The number of phenols is 1. The number of urea groups is 1. The Morgan fingerprint density at radius 2 is 1.74 bits per heavy atom. The molecular formula is C29H31N5O9. The average molecular weight is 594 g/mol. The maximum atomic E-state index is 14.0. The molecule has 14 heteroatoms. The number of hydrogen-bond acceptors (Lipinski definition) is 11. The third-order valence-electron chi connectivity index (χ3n) is 8.29. The topological polar surface area (TPSA) is 238 Å². The number of Topliss-reactive ketones (excluding diaryl/α,β-unsaturated/α-hetero) is 2. The summed E-state index contributed by atoms with van der Waals surface area (Å²) in [7, 11) is 4.89. The van der Waals surface area contributed by atoms with Crippen molar-refractivity contribution in [1.82, 2.24) is 0 Å². The minimum Gasteiger partial charge on any atom is -0.511 e. The van der Waals surface area contributed by atoms with Crippen molar-refractivity contribution in [3.8, 4) is 11.5 Å². The number of primary amides is 1. The van der Waals surface area contributed by atoms with E-state index in [-0.39, 0.29) is 29.7 Å². The molecule has 43 heavy (non-hydrogen) atoms. The Balaban J connectivity index is 1.58. The van der Waals surface area contributed by atoms with Crippen LogP contribution in [0.2, 0.25) is 0 Å². The first kappa shape index (κ1) is 29.4. The van der Waals surface area contributed by atoms with Crippen LogP contribution in [0.25, 0.3) is 0 Å². The number of fused-ring (bicyclic) bond motifs is 3. The van der Waals surface area contributed by atoms with Crippen LogP contribution >= 0.6 is 0 Å². The number of aromatic hydroxyl groups is 1. The van der Waals surface area contributed by atoms with Gasteiger partial charge in [-0.05, 0) is 54.7 Å². The zero-order valence-corrected chi connectivity index (χ0v) is 23.5. The number of aliphatic hydroxyl groups excluding tert-OH is 2. The Morgan fingerprint density at radius 1 is 1.09 bits per heavy atom. The molecule has 3 atom stereocenters. The molecule has 10 N–H and O–H groups in total. The van der Waals surface area contributed by atoms with E-state index in [1.807, 2.05) is 0 Å². The first-order valence-corrected chi connectivity index (χ1v) is 13.2. The molecule has 226 valence electrons. The van der Waals surface area contributed by atoms with E-state index in [0.29, 0.717) is 22.7 Å². The highest BCUT2D eigenvalue weighted by molar-refractivity contribution is 6.25. The van der Waals surface area contributed by atoms with Crippen LogP contribution in [-0.4, -0.2) is 76.3 Å². The summed E-state index contributed by atoms with van der Waals surface area (Å²) < 4.78 is 5.10. The molecule has 14 nitrogen and oxygen atoms in total. The summed E-state index contributed by atoms with van der Waals surface area (Å²) in [5.74, 6) is -6.35. The summed E-state index contributed by atoms with van der Waals surface area (Å²) >= 11 is 0. The molecule has 0 fully saturated rings. The summed E-state index contributed by atoms with van der Waals surface area (Å²) in [4.78, 5) is 53.7. The van der Waals surface area contributed by atoms with Crippen LogP contribution in [0.15, 0.2) is 53.0 Å². The molecule has 5 rings (SSSR count). The molecule has 0 aromatic heterocycles. The number of rotatable bonds is 5. The summed E-state index contributed by atoms with van der Waals surface area (Å²) in [5.41, 5.74) is 6.34. The Hall–Kier alpha value is -5.08. The predicted octanol–water partition coefficient (Wildman–Crippen LogP) is 1.38. The summed E-state index contributed by atoms with van der Waals surface area (Å²) in [5, 5.41) is 49.7. The maximum absolute atomic E-state index is 14.0. The number of amides is 3. The number of nitrogens with two attached hydrogens (primary N) is 2. The molecule has 2 aromatic rings. The van der Waals surface area contributed by atoms with Gasteiger partial charge >= 0.3 is 6.03 Å². The molecule has 2 aromatic carbocycles. The number of allylic oxidation sites excluding steroid dienone is 1. The third kappa shape index (κ3) is 4.33. The molecule has 0 unspecified atom stereocenters. The molecular weight excluding hydrogens is 562 g/mol. The van der Waals surface area contributed by atoms with Crippen molar-refractivity contribution >= 4 is 40.6 Å². The number of phenolic OH excluding ortho intramolecular Hbond substituents is 1. The molecule has 0 heterocycles. The van der Waals surface area contributed by atoms with Crippen molar-refractivity contribution < 1.29 is 44.3 Å². The largest absolute Gasteiger partial charge is 0.511 e. The number of carbonyl (C=O) groups is 4. The highest BCUT2D eigenvalue weighted by Crippen LogP contribution is 2.54. The summed E-state index contributed by atoms with van der Waals surface area (Å²) in [6.07, 6.45) is -0.773. The lowest BCUT2D eigenvalue weighted by Crippen LogP contribution is -2.71. The highest BCUT2D eigenvalue weighted by Gasteiger charge is 2.66. The number of methoxy groups -OCH3 is 1. The molecule has 0 saturated carbocycles. The highest BCUT2D eigenvalue weighted by atomic mass is 16.5. The number of hydrogen-bond donors (Lipinski definition) is 8. The van der Waals surface area contributed by atoms with Gasteiger partial charge in [-0.3, -0.25) is 14.4 Å². The predicted molar refractivity (Wildman–Crippen MR) is 154 cm³/mol. The van der Waals surface area contributed by atoms with E-state index in [1.54, 1.807) is 43.3 Å². The lowest BCUT2D eigenvalue weighted by Gasteiger charge is -2.52. The molecule has 0 radical (unpaired) electrons. The number of ketones is 2. The third-order valence-corrected chi connectivity index (χ3v) is 8.29. The van der Waals surface area contributed by atoms with E-state index in [2.05, 4.69) is 10.6 Å². The second-order valence-electron chi connectivity index (χ2n) is 11.1. The molecule has 0 saturated heterocycles. The molecule has 0 bridgehead atoms. The number of anilines is 3. The van der Waals surface area contributed by atoms with Crippen molar-refractivity contribution in [2.75, 3.05) is 36.7 Å². The van der Waals surface area contributed by atoms with E-state index in [9.17, 15) is 39.6 Å². The zero-order valence-electron chi connectivity index (χ0n) is 23.5. The fourth-order valence-corrected chi connectivity index (χ4v) is 6.25. The number of nitrogens with one attached hydrogen (secondary N) is 2. The van der Waals surface area contributed by atoms with Gasteiger partial charge < -0.3 is 52.2 Å². The number of benzene rings is 2. The quantitative estimate of drug-likeness (QED) is 0.182. The second-order valence-corrected chi connectivity index (χ2v) is 11.1. The summed E-state index contributed by atoms with van der Waals surface area (Å²) in [6, 6.07) is 7.24. The first-order chi connectivity index (χ1) is 20.1. The zero-order chi connectivity index (χ0) is 31.6. The van der Waals surface area contributed by atoms with Crippen LogP contribution in [-0.2, 0) is 16.0 Å². The van der Waals surface area contributed by atoms with Gasteiger partial charge in [-0.1, -0.05) is 0 Å². The lowest BCUT2D eigenvalue weighted by molar-refractivity contribution is -0.146. The van der Waals surface area contributed by atoms with Crippen LogP contribution in [0.4, 0.5) is 21.9 Å². The normalized spacial score (nSPS) is 24.5. The number of ether oxygens (including phenoxy) is 1. The number of nitrogens with zero attached hydrogens (tertiary/aromatic N) is 1. The van der Waals surface area contributed by atoms with Gasteiger partial charge in [-0.15, -0.1) is 0 Å². The SMILES string of the molecule is COc1ccc(NC(=O)Nc2cc(N(C)C)c3c(c2O)C(=O)C2=C(O)[C@]4(O)C(=O)C(C(N)=O)=C(O)C[C@]4(N)C[C@@H]2C3)cc1. The standard InChI is InChI=1S/C29H31N5O9/c1-34(2)17-9-16(33-27(41)32-13-4-6-14(43-3)7-5-13)22(36)20-15(17)8-12-10-28(31)11-18(35)21(26(30)40)25(39)29(28,42)24(38)19(12)23(20)37/h4-7,9,12,35-36,38,42H,8,10-11,31H2,1-3H3,(H2,30,40)(H2,32,33,41)/t12-,28+,29-/m0/s1. The first-order valence-electron chi connectivity index (χ1n) is 13.2. The Kier molecular flexibility index (Phi) is 6.86. The fourth-order valence-electron chi connectivity index (χ4n) is 6.25. The minimum atomic E-state index is -2.95. The van der Waals surface area contributed by atoms with E-state index in [0.717, 1.165) is 0 Å². The van der Waals surface area contributed by atoms with Gasteiger partial charge in [-0.25, -0.2) is 4.79 Å². The van der Waals surface area contributed by atoms with Gasteiger partial charge in [0, 0.05) is 37.5 Å². The fraction of sp³-hybridized carbons (Fsp3) is 0.310. The van der Waals surface area contributed by atoms with E-state index in [4.69, 9.17) is 16.2 Å². The molecule has 3 amide bonds. The van der Waals surface area contributed by atoms with Crippen molar-refractivity contribution in [2.45, 2.75) is 30.4 Å². The van der Waals surface area contributed by atoms with Crippen molar-refractivity contribution in [1.29, 1.82) is 0 Å². The van der Waals surface area contributed by atoms with Gasteiger partial charge in [0.15, 0.2) is 11.5 Å². The van der Waals surface area contributed by atoms with Crippen LogP contribution in [0.5, 0.6) is 11.5 Å². The van der Waals surface area contributed by atoms with Crippen LogP contribution < -0.4 is 31.7 Å². The Bertz CT molecular complexity index is 1660. The van der Waals surface area contributed by atoms with E-state index < -0.39 is 69.8 Å². The smallest absolute Gasteiger partial charge is 0.323 e. The van der Waals surface area contributed by atoms with E-state index in [1.165, 1.54) is 13.2 Å². The number of carbonyl (C=O) groups excluding carboxylic acids is 4. The van der Waals surface area contributed by atoms with E-state index >= 15 is 0 Å². The van der Waals surface area contributed by atoms with Gasteiger partial charge in [0.25, 0.3) is 5.91 Å². The van der Waals surface area contributed by atoms with Gasteiger partial charge in [0.1, 0.15) is 22.8 Å². The second kappa shape index (κ2) is 10.0. The average Bonchev–Trinajstić information content (AvgIpc) is 2.92. The maximum Gasteiger partial charge on any atom is 0.323 e. The molecule has 3 aliphatic carbocycles. The molecule has 0 aliphatic heterocycles. The van der Waals surface area contributed by atoms with Crippen molar-refractivity contribution in [2.24, 2.45) is 17.4 Å². The monoisotopic (exact) mass is 593 g/mol. The minimum absolute atomic E-state index is 0.0379. The van der Waals surface area contributed by atoms with Crippen molar-refractivity contribution in [3.63, 3.8) is 0 Å². The number of aliphatic hydroxyl groups is 3. The van der Waals surface area contributed by atoms with Crippen LogP contribution in [0.3, 0.4) is 0 Å². The molecule has 3 aliphatic rings. The van der Waals surface area contributed by atoms with Gasteiger partial charge in [0.05, 0.1) is 23.9 Å². The van der Waals surface area contributed by atoms with Crippen LogP contribution in [0.1, 0.15) is 28.8 Å². The van der Waals surface area contributed by atoms with Gasteiger partial charge in [-0.2, -0.15) is 0 Å². The van der Waals surface area contributed by atoms with Gasteiger partial charge in [0.2, 0.25) is 11.4 Å². The van der Waals surface area contributed by atoms with Crippen LogP contribution in [0, 0.1) is 5.92 Å². The van der Waals surface area contributed by atoms with Crippen molar-refractivity contribution in [3.05, 3.63) is 64.1 Å².